The van der Waals surface area contributed by atoms with Gasteiger partial charge in [-0.25, -0.2) is 9.50 Å². The zero-order valence-corrected chi connectivity index (χ0v) is 17.7. The lowest BCUT2D eigenvalue weighted by molar-refractivity contribution is -0.0494. The zero-order valence-electron chi connectivity index (χ0n) is 16.9. The molecular weight excluding hydrogens is 440 g/mol. The summed E-state index contributed by atoms with van der Waals surface area (Å²) in [6.45, 7) is -2.34. The van der Waals surface area contributed by atoms with Crippen LogP contribution in [0, 0.1) is 0 Å². The first kappa shape index (κ1) is 21.7. The number of nitrogens with one attached hydrogen (secondary N) is 1. The molecule has 0 fully saturated rings. The SMILES string of the molecule is CSc1ccc(OC(F)F)c(-c2nn(CCN)cc2NC(=O)c2cnn3cccnc23)c1. The summed E-state index contributed by atoms with van der Waals surface area (Å²) in [5.74, 6) is -0.520. The molecule has 0 saturated carbocycles. The molecule has 12 heteroatoms. The fraction of sp³-hybridized carbons (Fsp3) is 0.200. The first-order valence-electron chi connectivity index (χ1n) is 9.50. The van der Waals surface area contributed by atoms with Crippen LogP contribution in [0.1, 0.15) is 10.4 Å². The van der Waals surface area contributed by atoms with Crippen LogP contribution in [0.4, 0.5) is 14.5 Å². The van der Waals surface area contributed by atoms with Gasteiger partial charge in [0.2, 0.25) is 0 Å². The van der Waals surface area contributed by atoms with E-state index in [1.54, 1.807) is 36.8 Å². The highest BCUT2D eigenvalue weighted by atomic mass is 32.2. The Morgan fingerprint density at radius 2 is 2.22 bits per heavy atom. The number of aromatic nitrogens is 5. The Kier molecular flexibility index (Phi) is 6.32. The van der Waals surface area contributed by atoms with Crippen molar-refractivity contribution in [3.8, 4) is 17.0 Å². The van der Waals surface area contributed by atoms with Crippen molar-refractivity contribution in [3.05, 3.63) is 54.6 Å². The van der Waals surface area contributed by atoms with E-state index in [0.29, 0.717) is 30.0 Å². The molecule has 3 aromatic heterocycles. The smallest absolute Gasteiger partial charge is 0.387 e. The van der Waals surface area contributed by atoms with E-state index in [9.17, 15) is 13.6 Å². The number of anilines is 1. The average molecular weight is 459 g/mol. The lowest BCUT2D eigenvalue weighted by Crippen LogP contribution is -2.12. The van der Waals surface area contributed by atoms with E-state index in [1.165, 1.54) is 33.2 Å². The molecule has 166 valence electrons. The predicted molar refractivity (Wildman–Crippen MR) is 116 cm³/mol. The summed E-state index contributed by atoms with van der Waals surface area (Å²) in [4.78, 5) is 18.0. The van der Waals surface area contributed by atoms with Crippen LogP contribution in [0.5, 0.6) is 5.75 Å². The van der Waals surface area contributed by atoms with Crippen molar-refractivity contribution in [2.45, 2.75) is 18.1 Å². The summed E-state index contributed by atoms with van der Waals surface area (Å²) in [6.07, 6.45) is 8.09. The Labute approximate surface area is 185 Å². The third-order valence-corrected chi connectivity index (χ3v) is 5.28. The van der Waals surface area contributed by atoms with E-state index in [0.717, 1.165) is 4.90 Å². The van der Waals surface area contributed by atoms with Crippen molar-refractivity contribution >= 4 is 29.0 Å². The topological polar surface area (TPSA) is 112 Å². The van der Waals surface area contributed by atoms with Gasteiger partial charge in [0.05, 0.1) is 18.4 Å². The van der Waals surface area contributed by atoms with E-state index in [-0.39, 0.29) is 17.0 Å². The monoisotopic (exact) mass is 459 g/mol. The quantitative estimate of drug-likeness (QED) is 0.389. The maximum absolute atomic E-state index is 13.0. The lowest BCUT2D eigenvalue weighted by atomic mass is 10.1. The van der Waals surface area contributed by atoms with E-state index < -0.39 is 12.5 Å². The normalized spacial score (nSPS) is 11.3. The van der Waals surface area contributed by atoms with Gasteiger partial charge < -0.3 is 15.8 Å². The van der Waals surface area contributed by atoms with Gasteiger partial charge >= 0.3 is 6.61 Å². The second kappa shape index (κ2) is 9.32. The van der Waals surface area contributed by atoms with E-state index in [1.807, 2.05) is 6.26 Å². The second-order valence-electron chi connectivity index (χ2n) is 6.58. The number of benzene rings is 1. The minimum atomic E-state index is -3.01. The van der Waals surface area contributed by atoms with Crippen LogP contribution in [0.3, 0.4) is 0 Å². The van der Waals surface area contributed by atoms with Crippen molar-refractivity contribution in [1.82, 2.24) is 24.4 Å². The van der Waals surface area contributed by atoms with Crippen LogP contribution < -0.4 is 15.8 Å². The predicted octanol–water partition coefficient (Wildman–Crippen LogP) is 3.13. The molecule has 0 atom stereocenters. The summed E-state index contributed by atoms with van der Waals surface area (Å²) in [5, 5.41) is 11.4. The third-order valence-electron chi connectivity index (χ3n) is 4.55. The van der Waals surface area contributed by atoms with E-state index >= 15 is 0 Å². The number of amides is 1. The molecule has 1 aromatic carbocycles. The van der Waals surface area contributed by atoms with Crippen LogP contribution in [-0.4, -0.2) is 49.7 Å². The van der Waals surface area contributed by atoms with Crippen molar-refractivity contribution in [3.63, 3.8) is 0 Å². The molecule has 0 radical (unpaired) electrons. The summed E-state index contributed by atoms with van der Waals surface area (Å²) in [7, 11) is 0. The van der Waals surface area contributed by atoms with Gasteiger partial charge in [-0.1, -0.05) is 0 Å². The molecule has 9 nitrogen and oxygen atoms in total. The maximum Gasteiger partial charge on any atom is 0.387 e. The number of halogens is 2. The lowest BCUT2D eigenvalue weighted by Gasteiger charge is -2.12. The summed E-state index contributed by atoms with van der Waals surface area (Å²) < 4.78 is 33.7. The number of rotatable bonds is 8. The van der Waals surface area contributed by atoms with Crippen LogP contribution in [0.25, 0.3) is 16.9 Å². The highest BCUT2D eigenvalue weighted by Crippen LogP contribution is 2.37. The van der Waals surface area contributed by atoms with Gasteiger partial charge in [-0.3, -0.25) is 9.48 Å². The Balaban J connectivity index is 1.77. The van der Waals surface area contributed by atoms with E-state index in [4.69, 9.17) is 10.5 Å². The van der Waals surface area contributed by atoms with Gasteiger partial charge in [0.25, 0.3) is 5.91 Å². The molecule has 4 aromatic rings. The fourth-order valence-corrected chi connectivity index (χ4v) is 3.60. The number of carbonyl (C=O) groups is 1. The number of fused-ring (bicyclic) bond motifs is 1. The second-order valence-corrected chi connectivity index (χ2v) is 7.46. The van der Waals surface area contributed by atoms with Gasteiger partial charge in [0, 0.05) is 35.6 Å². The number of nitrogens with two attached hydrogens (primary N) is 1. The maximum atomic E-state index is 13.0. The van der Waals surface area contributed by atoms with Crippen molar-refractivity contribution in [1.29, 1.82) is 0 Å². The number of nitrogens with zero attached hydrogens (tertiary/aromatic N) is 5. The minimum Gasteiger partial charge on any atom is -0.434 e. The largest absolute Gasteiger partial charge is 0.434 e. The van der Waals surface area contributed by atoms with Gasteiger partial charge in [0.15, 0.2) is 5.65 Å². The van der Waals surface area contributed by atoms with Gasteiger partial charge in [-0.15, -0.1) is 11.8 Å². The number of ether oxygens (including phenoxy) is 1. The third kappa shape index (κ3) is 4.41. The molecule has 0 bridgehead atoms. The van der Waals surface area contributed by atoms with Crippen molar-refractivity contribution in [2.24, 2.45) is 5.73 Å². The number of hydrogen-bond donors (Lipinski definition) is 2. The first-order valence-corrected chi connectivity index (χ1v) is 10.7. The fourth-order valence-electron chi connectivity index (χ4n) is 3.16. The molecule has 0 unspecified atom stereocenters. The highest BCUT2D eigenvalue weighted by Gasteiger charge is 2.22. The standard InChI is InChI=1S/C20H19F2N7O2S/c1-32-12-3-4-16(31-20(21)22)13(9-12)17-15(11-28(27-17)8-5-23)26-19(30)14-10-25-29-7-2-6-24-18(14)29/h2-4,6-7,9-11,20H,5,8,23H2,1H3,(H,26,30). The minimum absolute atomic E-state index is 0.0519. The zero-order chi connectivity index (χ0) is 22.7. The summed E-state index contributed by atoms with van der Waals surface area (Å²) in [5.41, 5.74) is 7.20. The molecule has 0 saturated heterocycles. The van der Waals surface area contributed by atoms with Crippen LogP contribution >= 0.6 is 11.8 Å². The number of carbonyl (C=O) groups excluding carboxylic acids is 1. The number of alkyl halides is 2. The Morgan fingerprint density at radius 1 is 1.38 bits per heavy atom. The van der Waals surface area contributed by atoms with Crippen molar-refractivity contribution < 1.29 is 18.3 Å². The van der Waals surface area contributed by atoms with Crippen LogP contribution in [-0.2, 0) is 6.54 Å². The average Bonchev–Trinajstić information content (AvgIpc) is 3.38. The van der Waals surface area contributed by atoms with Crippen LogP contribution in [0.15, 0.2) is 53.9 Å². The summed E-state index contributed by atoms with van der Waals surface area (Å²) in [6, 6.07) is 6.51. The Hall–Kier alpha value is -3.51. The molecule has 0 aliphatic carbocycles. The number of hydrogen-bond acceptors (Lipinski definition) is 7. The molecule has 4 rings (SSSR count). The molecule has 3 N–H and O–H groups in total. The van der Waals surface area contributed by atoms with Gasteiger partial charge in [-0.05, 0) is 30.5 Å². The molecule has 0 aliphatic heterocycles. The summed E-state index contributed by atoms with van der Waals surface area (Å²) >= 11 is 1.44. The Bertz CT molecular complexity index is 1260. The molecule has 0 spiro atoms. The molecular formula is C20H19F2N7O2S. The van der Waals surface area contributed by atoms with Gasteiger partial charge in [0.1, 0.15) is 17.0 Å². The number of thioether (sulfide) groups is 1. The molecule has 0 aliphatic rings. The Morgan fingerprint density at radius 3 is 2.97 bits per heavy atom. The highest BCUT2D eigenvalue weighted by molar-refractivity contribution is 7.98. The van der Waals surface area contributed by atoms with E-state index in [2.05, 4.69) is 20.5 Å². The van der Waals surface area contributed by atoms with Crippen molar-refractivity contribution in [2.75, 3.05) is 18.1 Å². The molecule has 32 heavy (non-hydrogen) atoms. The van der Waals surface area contributed by atoms with Crippen LogP contribution in [0.2, 0.25) is 0 Å². The molecule has 3 heterocycles. The molecule has 1 amide bonds. The van der Waals surface area contributed by atoms with Gasteiger partial charge in [-0.2, -0.15) is 19.0 Å². The first-order chi connectivity index (χ1) is 15.5.